The second kappa shape index (κ2) is 20.8. The normalized spacial score (nSPS) is 24.5. The molecule has 3 aromatic carbocycles. The van der Waals surface area contributed by atoms with Gasteiger partial charge < -0.3 is 28.9 Å². The Kier molecular flexibility index (Phi) is 13.5. The molecule has 1 unspecified atom stereocenters. The molecular weight excluding hydrogens is 995 g/mol. The summed E-state index contributed by atoms with van der Waals surface area (Å²) in [6.45, 7) is 7.73. The number of amides is 3. The molecule has 18 heteroatoms. The number of halogens is 2. The molecule has 0 aliphatic carbocycles. The molecule has 1 N–H and O–H groups in total. The van der Waals surface area contributed by atoms with Gasteiger partial charge in [-0.3, -0.25) is 24.5 Å². The fourth-order valence-electron chi connectivity index (χ4n) is 14.3. The zero-order valence-corrected chi connectivity index (χ0v) is 44.3. The van der Waals surface area contributed by atoms with Crippen LogP contribution in [-0.4, -0.2) is 147 Å². The number of carbonyl (C=O) groups is 3. The Balaban J connectivity index is 0.634. The number of benzene rings is 3. The number of imide groups is 1. The Labute approximate surface area is 452 Å². The summed E-state index contributed by atoms with van der Waals surface area (Å²) >= 11 is 0. The third kappa shape index (κ3) is 9.18. The smallest absolute Gasteiger partial charge is 0.409 e. The highest BCUT2D eigenvalue weighted by atomic mass is 19.1. The number of nitrogens with zero attached hydrogens (tertiary/aromatic N) is 9. The number of carbonyl (C=O) groups excluding carboxylic acids is 3. The number of aryl methyl sites for hydroxylation is 2. The number of likely N-dealkylation sites (tertiary alicyclic amines) is 2. The standard InChI is InChI=1S/C60H66F2N10O6/c1-3-42-46(61)14-10-38-7-4-8-44(50(38)42)54-52(62)55-51-47(63-54)15-11-40-33-76-30-6-24-71(40)56(51)66-58(65-55)78-35-60-22-5-25-72(60)41(17-23-60)34-77-59(75)70-28-18-36(19-29-70)32-69-26-20-37(21-27-69)39-9-12-43-48(31-39)68(2)67-53(43)45-13-16-49(73)64-57(45)74/h1,4,7-10,12,14,31,36-37,40-41,45H,5-6,11,13,15-30,32-35H2,2H3,(H,64,73,74)/t40-,41-,45?,60-/m0/s1. The lowest BCUT2D eigenvalue weighted by Gasteiger charge is -2.38. The van der Waals surface area contributed by atoms with Crippen molar-refractivity contribution in [3.05, 3.63) is 82.7 Å². The lowest BCUT2D eigenvalue weighted by molar-refractivity contribution is -0.134. The van der Waals surface area contributed by atoms with Gasteiger partial charge in [-0.1, -0.05) is 42.3 Å². The maximum Gasteiger partial charge on any atom is 0.409 e. The van der Waals surface area contributed by atoms with Crippen molar-refractivity contribution in [2.45, 2.75) is 113 Å². The van der Waals surface area contributed by atoms with Gasteiger partial charge in [0.2, 0.25) is 11.8 Å². The average molecular weight is 1060 g/mol. The molecule has 7 aliphatic rings. The van der Waals surface area contributed by atoms with E-state index in [0.29, 0.717) is 110 Å². The third-order valence-electron chi connectivity index (χ3n) is 18.5. The van der Waals surface area contributed by atoms with Crippen LogP contribution in [-0.2, 0) is 32.5 Å². The highest BCUT2D eigenvalue weighted by molar-refractivity contribution is 6.04. The van der Waals surface area contributed by atoms with Gasteiger partial charge in [-0.05, 0) is 132 Å². The SMILES string of the molecule is C#Cc1c(F)ccc2cccc(-c3nc4c5c(nc(OC[C@@]67CCCN6[C@H](COC(=O)N6CCC(CN8CCC(c9ccc%10c(C%11CCC(=O)NC%11=O)nn(C)c%10c9)CC8)CC6)CC7)nc5c3F)N3CCCOC[C@@H]3CC4)c12. The molecule has 6 saturated heterocycles. The first-order valence-corrected chi connectivity index (χ1v) is 28.3. The van der Waals surface area contributed by atoms with Crippen molar-refractivity contribution in [3.63, 3.8) is 0 Å². The summed E-state index contributed by atoms with van der Waals surface area (Å²) < 4.78 is 53.3. The number of pyridine rings is 1. The minimum Gasteiger partial charge on any atom is -0.461 e. The molecule has 4 atom stereocenters. The van der Waals surface area contributed by atoms with E-state index in [-0.39, 0.29) is 58.3 Å². The van der Waals surface area contributed by atoms with Crippen LogP contribution in [0.5, 0.6) is 6.01 Å². The Morgan fingerprint density at radius 1 is 0.910 bits per heavy atom. The van der Waals surface area contributed by atoms with Crippen LogP contribution in [0.25, 0.3) is 43.8 Å². The monoisotopic (exact) mass is 1060 g/mol. The van der Waals surface area contributed by atoms with Crippen molar-refractivity contribution in [1.29, 1.82) is 0 Å². The summed E-state index contributed by atoms with van der Waals surface area (Å²) in [5.41, 5.74) is 4.04. The Hall–Kier alpha value is -6.81. The number of nitrogens with one attached hydrogen (secondary N) is 1. The zero-order valence-electron chi connectivity index (χ0n) is 44.3. The van der Waals surface area contributed by atoms with Crippen LogP contribution in [0.15, 0.2) is 48.5 Å². The predicted octanol–water partition coefficient (Wildman–Crippen LogP) is 8.16. The van der Waals surface area contributed by atoms with Gasteiger partial charge in [-0.25, -0.2) is 18.6 Å². The lowest BCUT2D eigenvalue weighted by Crippen LogP contribution is -2.48. The minimum absolute atomic E-state index is 0.00323. The number of hydrogen-bond acceptors (Lipinski definition) is 13. The fourth-order valence-corrected chi connectivity index (χ4v) is 14.3. The first kappa shape index (κ1) is 50.7. The summed E-state index contributed by atoms with van der Waals surface area (Å²) in [6.07, 6.45) is 16.1. The van der Waals surface area contributed by atoms with Crippen LogP contribution in [0.1, 0.15) is 111 Å². The molecule has 13 rings (SSSR count). The van der Waals surface area contributed by atoms with E-state index in [9.17, 15) is 14.4 Å². The van der Waals surface area contributed by atoms with Crippen LogP contribution in [0.4, 0.5) is 19.4 Å². The van der Waals surface area contributed by atoms with Crippen LogP contribution in [0, 0.1) is 29.9 Å². The minimum atomic E-state index is -0.640. The Morgan fingerprint density at radius 3 is 2.60 bits per heavy atom. The Bertz CT molecular complexity index is 3400. The van der Waals surface area contributed by atoms with E-state index in [0.717, 1.165) is 107 Å². The second-order valence-corrected chi connectivity index (χ2v) is 22.9. The number of piperidine rings is 3. The van der Waals surface area contributed by atoms with Crippen LogP contribution < -0.4 is 15.0 Å². The molecule has 7 aliphatic heterocycles. The van der Waals surface area contributed by atoms with Crippen LogP contribution >= 0.6 is 0 Å². The second-order valence-electron chi connectivity index (χ2n) is 22.9. The van der Waals surface area contributed by atoms with Gasteiger partial charge in [0.15, 0.2) is 5.82 Å². The Morgan fingerprint density at radius 2 is 1.77 bits per heavy atom. The third-order valence-corrected chi connectivity index (χ3v) is 18.5. The maximum absolute atomic E-state index is 17.5. The van der Waals surface area contributed by atoms with E-state index in [2.05, 4.69) is 44.1 Å². The number of ether oxygens (including phenoxy) is 3. The molecule has 16 nitrogen and oxygen atoms in total. The van der Waals surface area contributed by atoms with E-state index in [1.54, 1.807) is 18.2 Å². The molecular formula is C60H66F2N10O6. The molecule has 0 saturated carbocycles. The number of hydrogen-bond donors (Lipinski definition) is 1. The molecule has 0 radical (unpaired) electrons. The molecule has 0 spiro atoms. The van der Waals surface area contributed by atoms with Gasteiger partial charge in [0.05, 0.1) is 52.0 Å². The van der Waals surface area contributed by atoms with Gasteiger partial charge in [-0.2, -0.15) is 15.1 Å². The molecule has 3 amide bonds. The first-order chi connectivity index (χ1) is 38.0. The molecule has 0 bridgehead atoms. The summed E-state index contributed by atoms with van der Waals surface area (Å²) in [7, 11) is 1.92. The van der Waals surface area contributed by atoms with Crippen molar-refractivity contribution in [3.8, 4) is 29.6 Å². The highest BCUT2D eigenvalue weighted by Crippen LogP contribution is 2.45. The molecule has 6 fully saturated rings. The van der Waals surface area contributed by atoms with Gasteiger partial charge in [0, 0.05) is 68.6 Å². The topological polar surface area (TPSA) is 160 Å². The van der Waals surface area contributed by atoms with E-state index < -0.39 is 17.6 Å². The van der Waals surface area contributed by atoms with Gasteiger partial charge in [-0.15, -0.1) is 6.42 Å². The van der Waals surface area contributed by atoms with Gasteiger partial charge in [0.1, 0.15) is 36.1 Å². The summed E-state index contributed by atoms with van der Waals surface area (Å²) in [6, 6.07) is 15.0. The lowest BCUT2D eigenvalue weighted by atomic mass is 9.87. The summed E-state index contributed by atoms with van der Waals surface area (Å²) in [5.74, 6) is 1.96. The largest absolute Gasteiger partial charge is 0.461 e. The summed E-state index contributed by atoms with van der Waals surface area (Å²) in [4.78, 5) is 62.1. The van der Waals surface area contributed by atoms with E-state index >= 15 is 8.78 Å². The molecule has 6 aromatic rings. The average Bonchev–Trinajstić information content (AvgIpc) is 4.13. The van der Waals surface area contributed by atoms with Crippen molar-refractivity contribution in [2.24, 2.45) is 13.0 Å². The number of terminal acetylenes is 1. The van der Waals surface area contributed by atoms with E-state index in [4.69, 9.17) is 40.7 Å². The number of aromatic nitrogens is 5. The van der Waals surface area contributed by atoms with Crippen molar-refractivity contribution >= 4 is 56.3 Å². The van der Waals surface area contributed by atoms with Crippen LogP contribution in [0.2, 0.25) is 0 Å². The number of rotatable bonds is 10. The maximum atomic E-state index is 17.5. The highest BCUT2D eigenvalue weighted by Gasteiger charge is 2.50. The first-order valence-electron chi connectivity index (χ1n) is 28.3. The predicted molar refractivity (Wildman–Crippen MR) is 290 cm³/mol. The van der Waals surface area contributed by atoms with Crippen LogP contribution in [0.3, 0.4) is 0 Å². The van der Waals surface area contributed by atoms with Gasteiger partial charge in [0.25, 0.3) is 0 Å². The van der Waals surface area contributed by atoms with Crippen molar-refractivity contribution in [1.82, 2.24) is 44.7 Å². The molecule has 10 heterocycles. The number of anilines is 1. The molecule has 406 valence electrons. The zero-order chi connectivity index (χ0) is 53.2. The number of fused-ring (bicyclic) bond motifs is 5. The molecule has 78 heavy (non-hydrogen) atoms. The van der Waals surface area contributed by atoms with E-state index in [1.807, 2.05) is 22.7 Å². The van der Waals surface area contributed by atoms with Crippen molar-refractivity contribution < 1.29 is 37.4 Å². The molecule has 3 aromatic heterocycles. The summed E-state index contributed by atoms with van der Waals surface area (Å²) in [5, 5.41) is 9.86. The van der Waals surface area contributed by atoms with E-state index in [1.165, 1.54) is 11.6 Å². The fraction of sp³-hybridized carbons (Fsp3) is 0.517. The van der Waals surface area contributed by atoms with Gasteiger partial charge >= 0.3 is 12.1 Å². The van der Waals surface area contributed by atoms with Crippen molar-refractivity contribution in [2.75, 3.05) is 77.1 Å². The quantitative estimate of drug-likeness (QED) is 0.104.